The molecule has 0 heterocycles. The first-order valence-electron chi connectivity index (χ1n) is 7.03. The molecule has 0 atom stereocenters. The van der Waals surface area contributed by atoms with Gasteiger partial charge in [0.15, 0.2) is 6.61 Å². The minimum atomic E-state index is -1.29. The Labute approximate surface area is 143 Å². The van der Waals surface area contributed by atoms with Gasteiger partial charge >= 0.3 is 5.97 Å². The summed E-state index contributed by atoms with van der Waals surface area (Å²) in [6.07, 6.45) is 0. The van der Waals surface area contributed by atoms with Crippen LogP contribution in [0.25, 0.3) is 0 Å². The number of carboxylic acid groups (broad SMARTS) is 1. The lowest BCUT2D eigenvalue weighted by atomic mass is 10.1. The third kappa shape index (κ3) is 4.17. The van der Waals surface area contributed by atoms with E-state index in [2.05, 4.69) is 5.32 Å². The Hall–Kier alpha value is -2.73. The smallest absolute Gasteiger partial charge is 0.339 e. The van der Waals surface area contributed by atoms with E-state index in [0.29, 0.717) is 10.8 Å². The summed E-state index contributed by atoms with van der Waals surface area (Å²) in [4.78, 5) is 22.9. The summed E-state index contributed by atoms with van der Waals surface area (Å²) >= 11 is 6.10. The van der Waals surface area contributed by atoms with Crippen molar-refractivity contribution in [3.8, 4) is 11.5 Å². The molecule has 3 N–H and O–H groups in total. The van der Waals surface area contributed by atoms with Gasteiger partial charge in [-0.25, -0.2) is 4.79 Å². The predicted molar refractivity (Wildman–Crippen MR) is 90.1 cm³/mol. The lowest BCUT2D eigenvalue weighted by Crippen LogP contribution is -2.20. The number of aromatic hydroxyl groups is 1. The van der Waals surface area contributed by atoms with E-state index < -0.39 is 11.9 Å². The molecule has 126 valence electrons. The Kier molecular flexibility index (Phi) is 5.31. The Morgan fingerprint density at radius 1 is 1.21 bits per heavy atom. The number of ether oxygens (including phenoxy) is 1. The summed E-state index contributed by atoms with van der Waals surface area (Å²) in [6, 6.07) is 7.38. The zero-order chi connectivity index (χ0) is 17.9. The fourth-order valence-electron chi connectivity index (χ4n) is 2.21. The normalized spacial score (nSPS) is 10.3. The van der Waals surface area contributed by atoms with Gasteiger partial charge in [0.25, 0.3) is 5.91 Å². The van der Waals surface area contributed by atoms with Gasteiger partial charge in [-0.15, -0.1) is 0 Å². The fraction of sp³-hybridized carbons (Fsp3) is 0.176. The highest BCUT2D eigenvalue weighted by molar-refractivity contribution is 6.32. The lowest BCUT2D eigenvalue weighted by Gasteiger charge is -2.12. The first-order valence-corrected chi connectivity index (χ1v) is 7.41. The van der Waals surface area contributed by atoms with Crippen LogP contribution in [0.2, 0.25) is 5.02 Å². The minimum Gasteiger partial charge on any atom is -0.507 e. The van der Waals surface area contributed by atoms with Crippen molar-refractivity contribution in [1.29, 1.82) is 0 Å². The van der Waals surface area contributed by atoms with Crippen LogP contribution in [-0.4, -0.2) is 28.7 Å². The van der Waals surface area contributed by atoms with Crippen LogP contribution in [0.15, 0.2) is 30.3 Å². The molecule has 0 aliphatic heterocycles. The maximum absolute atomic E-state index is 12.0. The van der Waals surface area contributed by atoms with Gasteiger partial charge in [-0.1, -0.05) is 17.7 Å². The van der Waals surface area contributed by atoms with Crippen LogP contribution in [-0.2, 0) is 4.79 Å². The van der Waals surface area contributed by atoms with Gasteiger partial charge in [-0.3, -0.25) is 4.79 Å². The number of hydrogen-bond acceptors (Lipinski definition) is 4. The number of aryl methyl sites for hydroxylation is 2. The highest BCUT2D eigenvalue weighted by Crippen LogP contribution is 2.29. The monoisotopic (exact) mass is 349 g/mol. The van der Waals surface area contributed by atoms with E-state index in [9.17, 15) is 14.7 Å². The van der Waals surface area contributed by atoms with Crippen LogP contribution in [0.4, 0.5) is 5.69 Å². The minimum absolute atomic E-state index is 0.241. The van der Waals surface area contributed by atoms with E-state index in [1.165, 1.54) is 18.2 Å². The average molecular weight is 350 g/mol. The molecule has 0 radical (unpaired) electrons. The molecule has 0 aliphatic carbocycles. The molecule has 0 aromatic heterocycles. The van der Waals surface area contributed by atoms with Crippen LogP contribution >= 0.6 is 11.6 Å². The van der Waals surface area contributed by atoms with E-state index in [1.54, 1.807) is 6.07 Å². The summed E-state index contributed by atoms with van der Waals surface area (Å²) in [5.74, 6) is -1.72. The van der Waals surface area contributed by atoms with Crippen molar-refractivity contribution in [3.05, 3.63) is 52.0 Å². The molecule has 0 fully saturated rings. The number of hydrogen-bond donors (Lipinski definition) is 3. The van der Waals surface area contributed by atoms with Gasteiger partial charge < -0.3 is 20.3 Å². The van der Waals surface area contributed by atoms with Crippen molar-refractivity contribution in [3.63, 3.8) is 0 Å². The maximum atomic E-state index is 12.0. The highest BCUT2D eigenvalue weighted by atomic mass is 35.5. The van der Waals surface area contributed by atoms with Crippen molar-refractivity contribution in [1.82, 2.24) is 0 Å². The molecule has 2 aromatic carbocycles. The number of halogens is 1. The molecule has 24 heavy (non-hydrogen) atoms. The number of carboxylic acids is 1. The molecular weight excluding hydrogens is 334 g/mol. The Morgan fingerprint density at radius 2 is 1.92 bits per heavy atom. The number of carbonyl (C=O) groups excluding carboxylic acids is 1. The van der Waals surface area contributed by atoms with Crippen molar-refractivity contribution in [2.24, 2.45) is 0 Å². The standard InChI is InChI=1S/C17H16ClNO5/c1-9-5-10(2)16(13(18)6-9)24-8-15(21)19-11-3-4-14(20)12(7-11)17(22)23/h3-7,20H,8H2,1-2H3,(H,19,21)(H,22,23). The van der Waals surface area contributed by atoms with Gasteiger partial charge in [0, 0.05) is 5.69 Å². The number of nitrogens with one attached hydrogen (secondary N) is 1. The van der Waals surface area contributed by atoms with Crippen molar-refractivity contribution < 1.29 is 24.5 Å². The van der Waals surface area contributed by atoms with E-state index in [4.69, 9.17) is 21.4 Å². The molecule has 0 saturated heterocycles. The second kappa shape index (κ2) is 7.23. The molecule has 0 aliphatic rings. The van der Waals surface area contributed by atoms with E-state index in [1.807, 2.05) is 19.9 Å². The highest BCUT2D eigenvalue weighted by Gasteiger charge is 2.13. The van der Waals surface area contributed by atoms with Gasteiger partial charge in [0.2, 0.25) is 0 Å². The van der Waals surface area contributed by atoms with Gasteiger partial charge in [0.05, 0.1) is 5.02 Å². The first kappa shape index (κ1) is 17.6. The van der Waals surface area contributed by atoms with Crippen LogP contribution < -0.4 is 10.1 Å². The summed E-state index contributed by atoms with van der Waals surface area (Å²) < 4.78 is 5.45. The zero-order valence-corrected chi connectivity index (χ0v) is 13.8. The van der Waals surface area contributed by atoms with E-state index in [-0.39, 0.29) is 23.6 Å². The summed E-state index contributed by atoms with van der Waals surface area (Å²) in [7, 11) is 0. The first-order chi connectivity index (χ1) is 11.3. The van der Waals surface area contributed by atoms with Crippen molar-refractivity contribution in [2.75, 3.05) is 11.9 Å². The topological polar surface area (TPSA) is 95.9 Å². The van der Waals surface area contributed by atoms with E-state index >= 15 is 0 Å². The Morgan fingerprint density at radius 3 is 2.54 bits per heavy atom. The predicted octanol–water partition coefficient (Wildman–Crippen LogP) is 3.38. The van der Waals surface area contributed by atoms with Gasteiger partial charge in [0.1, 0.15) is 17.1 Å². The number of phenols is 1. The summed E-state index contributed by atoms with van der Waals surface area (Å²) in [6.45, 7) is 3.44. The lowest BCUT2D eigenvalue weighted by molar-refractivity contribution is -0.118. The Balaban J connectivity index is 2.04. The maximum Gasteiger partial charge on any atom is 0.339 e. The van der Waals surface area contributed by atoms with Crippen LogP contribution in [0, 0.1) is 13.8 Å². The van der Waals surface area contributed by atoms with Crippen LogP contribution in [0.3, 0.4) is 0 Å². The third-order valence-electron chi connectivity index (χ3n) is 3.23. The number of amides is 1. The number of carbonyl (C=O) groups is 2. The largest absolute Gasteiger partial charge is 0.507 e. The molecule has 6 nitrogen and oxygen atoms in total. The second-order valence-electron chi connectivity index (χ2n) is 5.27. The van der Waals surface area contributed by atoms with E-state index in [0.717, 1.165) is 11.1 Å². The third-order valence-corrected chi connectivity index (χ3v) is 3.51. The molecule has 0 unspecified atom stereocenters. The number of rotatable bonds is 5. The van der Waals surface area contributed by atoms with Gasteiger partial charge in [-0.05, 0) is 49.2 Å². The second-order valence-corrected chi connectivity index (χ2v) is 5.67. The quantitative estimate of drug-likeness (QED) is 0.719. The molecule has 0 saturated carbocycles. The zero-order valence-electron chi connectivity index (χ0n) is 13.1. The number of aromatic carboxylic acids is 1. The molecular formula is C17H16ClNO5. The van der Waals surface area contributed by atoms with Crippen molar-refractivity contribution in [2.45, 2.75) is 13.8 Å². The Bertz CT molecular complexity index is 781. The molecule has 2 aromatic rings. The molecule has 0 spiro atoms. The van der Waals surface area contributed by atoms with Gasteiger partial charge in [-0.2, -0.15) is 0 Å². The SMILES string of the molecule is Cc1cc(C)c(OCC(=O)Nc2ccc(O)c(C(=O)O)c2)c(Cl)c1. The molecule has 7 heteroatoms. The summed E-state index contributed by atoms with van der Waals surface area (Å²) in [5, 5.41) is 21.3. The summed E-state index contributed by atoms with van der Waals surface area (Å²) in [5.41, 5.74) is 1.74. The van der Waals surface area contributed by atoms with Crippen LogP contribution in [0.1, 0.15) is 21.5 Å². The number of anilines is 1. The molecule has 1 amide bonds. The van der Waals surface area contributed by atoms with Crippen LogP contribution in [0.5, 0.6) is 11.5 Å². The fourth-order valence-corrected chi connectivity index (χ4v) is 2.58. The van der Waals surface area contributed by atoms with Crippen molar-refractivity contribution >= 4 is 29.2 Å². The average Bonchev–Trinajstić information content (AvgIpc) is 2.47. The number of benzene rings is 2. The molecule has 2 rings (SSSR count). The molecule has 0 bridgehead atoms.